The molecule has 0 atom stereocenters. The second-order valence-electron chi connectivity index (χ2n) is 9.82. The molecule has 0 unspecified atom stereocenters. The number of nitrogens with one attached hydrogen (secondary N) is 1. The summed E-state index contributed by atoms with van der Waals surface area (Å²) in [4.78, 5) is 48.0. The Labute approximate surface area is 231 Å². The molecule has 0 spiro atoms. The van der Waals surface area contributed by atoms with Gasteiger partial charge in [0.15, 0.2) is 5.88 Å². The quantitative estimate of drug-likeness (QED) is 0.264. The molecule has 0 bridgehead atoms. The van der Waals surface area contributed by atoms with E-state index in [2.05, 4.69) is 4.98 Å². The van der Waals surface area contributed by atoms with Gasteiger partial charge in [-0.3, -0.25) is 9.59 Å². The average molecular weight is 539 g/mol. The van der Waals surface area contributed by atoms with Crippen LogP contribution in [-0.2, 0) is 20.7 Å². The van der Waals surface area contributed by atoms with Gasteiger partial charge in [0, 0.05) is 55.6 Å². The van der Waals surface area contributed by atoms with Crippen molar-refractivity contribution in [3.8, 4) is 5.88 Å². The fourth-order valence-electron chi connectivity index (χ4n) is 4.95. The molecule has 9 heteroatoms. The zero-order valence-electron chi connectivity index (χ0n) is 22.6. The third-order valence-corrected chi connectivity index (χ3v) is 7.04. The normalized spacial score (nSPS) is 12.9. The molecule has 2 heterocycles. The molecule has 204 valence electrons. The van der Waals surface area contributed by atoms with Crippen molar-refractivity contribution in [3.05, 3.63) is 89.0 Å². The number of hydrogen-bond donors (Lipinski definition) is 2. The van der Waals surface area contributed by atoms with Crippen molar-refractivity contribution in [1.29, 1.82) is 0 Å². The van der Waals surface area contributed by atoms with Crippen molar-refractivity contribution >= 4 is 45.8 Å². The molecular formula is C31H30N4O5. The first kappa shape index (κ1) is 26.7. The van der Waals surface area contributed by atoms with Crippen molar-refractivity contribution in [1.82, 2.24) is 9.88 Å². The fourth-order valence-corrected chi connectivity index (χ4v) is 4.95. The van der Waals surface area contributed by atoms with Crippen molar-refractivity contribution in [2.45, 2.75) is 19.3 Å². The minimum Gasteiger partial charge on any atom is -0.494 e. The maximum atomic E-state index is 12.9. The highest BCUT2D eigenvalue weighted by Gasteiger charge is 2.26. The van der Waals surface area contributed by atoms with Crippen molar-refractivity contribution < 1.29 is 24.2 Å². The monoisotopic (exact) mass is 538 g/mol. The molecule has 1 aromatic heterocycles. The van der Waals surface area contributed by atoms with E-state index in [9.17, 15) is 19.5 Å². The maximum absolute atomic E-state index is 12.9. The van der Waals surface area contributed by atoms with Crippen LogP contribution in [0.15, 0.2) is 71.7 Å². The number of esters is 1. The molecule has 0 fully saturated rings. The summed E-state index contributed by atoms with van der Waals surface area (Å²) in [5.41, 5.74) is 5.32. The van der Waals surface area contributed by atoms with E-state index in [0.29, 0.717) is 46.4 Å². The summed E-state index contributed by atoms with van der Waals surface area (Å²) in [6, 6.07) is 20.3. The number of carbonyl (C=O) groups is 3. The van der Waals surface area contributed by atoms with Gasteiger partial charge in [-0.2, -0.15) is 0 Å². The van der Waals surface area contributed by atoms with Crippen LogP contribution in [0.5, 0.6) is 5.88 Å². The zero-order valence-corrected chi connectivity index (χ0v) is 22.6. The van der Waals surface area contributed by atoms with Crippen LogP contribution >= 0.6 is 0 Å². The lowest BCUT2D eigenvalue weighted by molar-refractivity contribution is -0.130. The van der Waals surface area contributed by atoms with Crippen LogP contribution < -0.4 is 4.90 Å². The van der Waals surface area contributed by atoms with E-state index in [1.165, 1.54) is 12.0 Å². The van der Waals surface area contributed by atoms with Crippen molar-refractivity contribution in [2.24, 2.45) is 4.99 Å². The molecule has 3 aromatic carbocycles. The number of rotatable bonds is 7. The maximum Gasteiger partial charge on any atom is 0.337 e. The Bertz CT molecular complexity index is 1640. The number of methoxy groups -OCH3 is 1. The average Bonchev–Trinajstić information content (AvgIpc) is 3.53. The van der Waals surface area contributed by atoms with Crippen LogP contribution in [0.3, 0.4) is 0 Å². The summed E-state index contributed by atoms with van der Waals surface area (Å²) in [7, 11) is 4.68. The second-order valence-corrected chi connectivity index (χ2v) is 9.82. The van der Waals surface area contributed by atoms with Gasteiger partial charge >= 0.3 is 5.97 Å². The molecule has 1 aliphatic heterocycles. The van der Waals surface area contributed by atoms with E-state index in [1.807, 2.05) is 48.5 Å². The Morgan fingerprint density at radius 1 is 1.00 bits per heavy atom. The number of aliphatic imine (C=N–C) groups is 1. The van der Waals surface area contributed by atoms with Gasteiger partial charge in [-0.15, -0.1) is 0 Å². The first-order valence-electron chi connectivity index (χ1n) is 13.0. The highest BCUT2D eigenvalue weighted by molar-refractivity contribution is 6.22. The standard InChI is InChI=1S/C31H30N4O5/c1-34(2)26(36)13-14-27(37)35-16-15-20-17-22(10-12-25(20)35)32-29(19-7-5-4-6-8-19)28-23-11-9-21(31(39)40-3)18-24(23)33-30(28)38/h4-12,17-18,33,38H,13-16H2,1-3H3. The SMILES string of the molecule is COC(=O)c1ccc2c(C(=Nc3ccc4c(c3)CCN4C(=O)CCC(=O)N(C)C)c3ccccc3)c(O)[nH]c2c1. The first-order chi connectivity index (χ1) is 19.3. The molecule has 0 saturated carbocycles. The van der Waals surface area contributed by atoms with Gasteiger partial charge in [0.25, 0.3) is 0 Å². The molecule has 0 saturated heterocycles. The van der Waals surface area contributed by atoms with Crippen LogP contribution in [0.2, 0.25) is 0 Å². The molecule has 2 amide bonds. The Hall–Kier alpha value is -4.92. The molecule has 5 rings (SSSR count). The zero-order chi connectivity index (χ0) is 28.4. The van der Waals surface area contributed by atoms with E-state index in [1.54, 1.807) is 37.2 Å². The third-order valence-electron chi connectivity index (χ3n) is 7.04. The summed E-state index contributed by atoms with van der Waals surface area (Å²) < 4.78 is 4.83. The van der Waals surface area contributed by atoms with Gasteiger partial charge in [0.05, 0.1) is 29.6 Å². The largest absolute Gasteiger partial charge is 0.494 e. The number of nitrogens with zero attached hydrogens (tertiary/aromatic N) is 3. The number of aromatic hydroxyl groups is 1. The van der Waals surface area contributed by atoms with E-state index in [0.717, 1.165) is 16.8 Å². The fraction of sp³-hybridized carbons (Fsp3) is 0.226. The lowest BCUT2D eigenvalue weighted by Gasteiger charge is -2.18. The van der Waals surface area contributed by atoms with Crippen LogP contribution in [0.4, 0.5) is 11.4 Å². The predicted octanol–water partition coefficient (Wildman–Crippen LogP) is 4.59. The smallest absolute Gasteiger partial charge is 0.337 e. The number of fused-ring (bicyclic) bond motifs is 2. The summed E-state index contributed by atoms with van der Waals surface area (Å²) in [6.07, 6.45) is 1.02. The van der Waals surface area contributed by atoms with Crippen LogP contribution in [0.25, 0.3) is 10.9 Å². The molecular weight excluding hydrogens is 508 g/mol. The molecule has 9 nitrogen and oxygen atoms in total. The number of H-pyrrole nitrogens is 1. The van der Waals surface area contributed by atoms with E-state index in [-0.39, 0.29) is 30.5 Å². The van der Waals surface area contributed by atoms with Gasteiger partial charge in [-0.1, -0.05) is 36.4 Å². The minimum atomic E-state index is -0.468. The van der Waals surface area contributed by atoms with E-state index >= 15 is 0 Å². The highest BCUT2D eigenvalue weighted by Crippen LogP contribution is 2.35. The summed E-state index contributed by atoms with van der Waals surface area (Å²) >= 11 is 0. The summed E-state index contributed by atoms with van der Waals surface area (Å²) in [5.74, 6) is -0.688. The molecule has 4 aromatic rings. The Kier molecular flexibility index (Phi) is 7.37. The number of amides is 2. The molecule has 1 aliphatic rings. The highest BCUT2D eigenvalue weighted by atomic mass is 16.5. The molecule has 2 N–H and O–H groups in total. The van der Waals surface area contributed by atoms with Crippen molar-refractivity contribution in [2.75, 3.05) is 32.6 Å². The van der Waals surface area contributed by atoms with Crippen LogP contribution in [0, 0.1) is 0 Å². The Morgan fingerprint density at radius 3 is 2.50 bits per heavy atom. The van der Waals surface area contributed by atoms with Gasteiger partial charge in [-0.05, 0) is 42.3 Å². The Morgan fingerprint density at radius 2 is 1.77 bits per heavy atom. The Balaban J connectivity index is 1.51. The molecule has 0 radical (unpaired) electrons. The van der Waals surface area contributed by atoms with Gasteiger partial charge < -0.3 is 24.6 Å². The summed E-state index contributed by atoms with van der Waals surface area (Å²) in [5, 5.41) is 11.7. The minimum absolute atomic E-state index is 0.0650. The van der Waals surface area contributed by atoms with Crippen LogP contribution in [-0.4, -0.2) is 66.2 Å². The van der Waals surface area contributed by atoms with E-state index < -0.39 is 5.97 Å². The van der Waals surface area contributed by atoms with Gasteiger partial charge in [0.1, 0.15) is 0 Å². The number of carbonyl (C=O) groups excluding carboxylic acids is 3. The van der Waals surface area contributed by atoms with Crippen LogP contribution in [0.1, 0.15) is 39.9 Å². The third kappa shape index (κ3) is 5.18. The predicted molar refractivity (Wildman–Crippen MR) is 153 cm³/mol. The second kappa shape index (κ2) is 11.1. The van der Waals surface area contributed by atoms with Gasteiger partial charge in [-0.25, -0.2) is 9.79 Å². The first-order valence-corrected chi connectivity index (χ1v) is 13.0. The molecule has 40 heavy (non-hydrogen) atoms. The number of benzene rings is 3. The number of hydrogen-bond acceptors (Lipinski definition) is 6. The molecule has 0 aliphatic carbocycles. The number of anilines is 1. The number of ether oxygens (including phenoxy) is 1. The van der Waals surface area contributed by atoms with Gasteiger partial charge in [0.2, 0.25) is 11.8 Å². The van der Waals surface area contributed by atoms with E-state index in [4.69, 9.17) is 9.73 Å². The number of aromatic nitrogens is 1. The summed E-state index contributed by atoms with van der Waals surface area (Å²) in [6.45, 7) is 0.550. The van der Waals surface area contributed by atoms with Crippen molar-refractivity contribution in [3.63, 3.8) is 0 Å². The lowest BCUT2D eigenvalue weighted by Crippen LogP contribution is -2.30. The topological polar surface area (TPSA) is 115 Å². The lowest BCUT2D eigenvalue weighted by atomic mass is 10.00. The number of aromatic amines is 1.